The average molecular weight is 394 g/mol. The quantitative estimate of drug-likeness (QED) is 0.772. The van der Waals surface area contributed by atoms with E-state index in [-0.39, 0.29) is 18.4 Å². The SMILES string of the molecule is Cc1ccc(NC(=O)CN(C)[C@@H](C)C(=O)Nc2ccc(Cl)cc2Cl)cc1. The molecular formula is C19H21Cl2N3O2. The zero-order valence-electron chi connectivity index (χ0n) is 14.8. The summed E-state index contributed by atoms with van der Waals surface area (Å²) < 4.78 is 0. The van der Waals surface area contributed by atoms with Crippen LogP contribution < -0.4 is 10.6 Å². The van der Waals surface area contributed by atoms with E-state index in [1.807, 2.05) is 31.2 Å². The summed E-state index contributed by atoms with van der Waals surface area (Å²) in [7, 11) is 1.71. The van der Waals surface area contributed by atoms with Crippen molar-refractivity contribution in [1.29, 1.82) is 0 Å². The van der Waals surface area contributed by atoms with Crippen molar-refractivity contribution in [2.45, 2.75) is 19.9 Å². The molecule has 138 valence electrons. The number of amides is 2. The Morgan fingerprint density at radius 3 is 2.35 bits per heavy atom. The minimum absolute atomic E-state index is 0.0802. The van der Waals surface area contributed by atoms with Crippen molar-refractivity contribution < 1.29 is 9.59 Å². The molecule has 2 aromatic rings. The summed E-state index contributed by atoms with van der Waals surface area (Å²) >= 11 is 11.9. The fourth-order valence-corrected chi connectivity index (χ4v) is 2.68. The summed E-state index contributed by atoms with van der Waals surface area (Å²) in [5.41, 5.74) is 2.32. The molecule has 0 saturated heterocycles. The van der Waals surface area contributed by atoms with Crippen molar-refractivity contribution in [3.05, 3.63) is 58.1 Å². The second-order valence-corrected chi connectivity index (χ2v) is 6.96. The van der Waals surface area contributed by atoms with Gasteiger partial charge in [-0.25, -0.2) is 0 Å². The maximum atomic E-state index is 12.4. The van der Waals surface area contributed by atoms with Gasteiger partial charge in [0.05, 0.1) is 23.3 Å². The fourth-order valence-electron chi connectivity index (χ4n) is 2.23. The van der Waals surface area contributed by atoms with Crippen molar-refractivity contribution in [3.8, 4) is 0 Å². The highest BCUT2D eigenvalue weighted by Crippen LogP contribution is 2.25. The fraction of sp³-hybridized carbons (Fsp3) is 0.263. The highest BCUT2D eigenvalue weighted by Gasteiger charge is 2.21. The Labute approximate surface area is 163 Å². The first-order chi connectivity index (χ1) is 12.3. The van der Waals surface area contributed by atoms with Crippen molar-refractivity contribution in [2.75, 3.05) is 24.2 Å². The number of carbonyl (C=O) groups is 2. The summed E-state index contributed by atoms with van der Waals surface area (Å²) in [5, 5.41) is 6.41. The van der Waals surface area contributed by atoms with E-state index in [4.69, 9.17) is 23.2 Å². The average Bonchev–Trinajstić information content (AvgIpc) is 2.58. The Kier molecular flexibility index (Phi) is 7.03. The molecule has 0 fully saturated rings. The molecule has 0 aliphatic rings. The van der Waals surface area contributed by atoms with E-state index in [1.165, 1.54) is 0 Å². The third kappa shape index (κ3) is 5.73. The van der Waals surface area contributed by atoms with Crippen LogP contribution in [0.2, 0.25) is 10.0 Å². The van der Waals surface area contributed by atoms with Crippen LogP contribution in [0.15, 0.2) is 42.5 Å². The molecule has 0 bridgehead atoms. The van der Waals surface area contributed by atoms with E-state index < -0.39 is 6.04 Å². The van der Waals surface area contributed by atoms with Gasteiger partial charge in [-0.05, 0) is 51.2 Å². The van der Waals surface area contributed by atoms with Gasteiger partial charge in [0, 0.05) is 10.7 Å². The first-order valence-corrected chi connectivity index (χ1v) is 8.84. The van der Waals surface area contributed by atoms with Crippen molar-refractivity contribution in [1.82, 2.24) is 4.90 Å². The number of rotatable bonds is 6. The Balaban J connectivity index is 1.90. The van der Waals surface area contributed by atoms with Crippen LogP contribution in [-0.4, -0.2) is 36.3 Å². The van der Waals surface area contributed by atoms with Crippen LogP contribution in [0.5, 0.6) is 0 Å². The van der Waals surface area contributed by atoms with Crippen molar-refractivity contribution in [2.24, 2.45) is 0 Å². The van der Waals surface area contributed by atoms with E-state index in [1.54, 1.807) is 37.1 Å². The summed E-state index contributed by atoms with van der Waals surface area (Å²) in [4.78, 5) is 26.2. The van der Waals surface area contributed by atoms with E-state index in [0.29, 0.717) is 15.7 Å². The molecule has 7 heteroatoms. The predicted molar refractivity (Wildman–Crippen MR) is 107 cm³/mol. The van der Waals surface area contributed by atoms with Crippen LogP contribution in [0, 0.1) is 6.92 Å². The molecule has 2 rings (SSSR count). The molecule has 0 unspecified atom stereocenters. The van der Waals surface area contributed by atoms with Crippen LogP contribution in [-0.2, 0) is 9.59 Å². The third-order valence-corrected chi connectivity index (χ3v) is 4.51. The summed E-state index contributed by atoms with van der Waals surface area (Å²) in [6.45, 7) is 3.78. The number of aryl methyl sites for hydroxylation is 1. The molecule has 0 spiro atoms. The van der Waals surface area contributed by atoms with Crippen LogP contribution in [0.25, 0.3) is 0 Å². The molecule has 0 aromatic heterocycles. The summed E-state index contributed by atoms with van der Waals surface area (Å²) in [6, 6.07) is 11.8. The molecule has 5 nitrogen and oxygen atoms in total. The van der Waals surface area contributed by atoms with Gasteiger partial charge in [-0.15, -0.1) is 0 Å². The largest absolute Gasteiger partial charge is 0.325 e. The number of nitrogens with zero attached hydrogens (tertiary/aromatic N) is 1. The van der Waals surface area contributed by atoms with Gasteiger partial charge in [-0.3, -0.25) is 14.5 Å². The molecule has 2 aromatic carbocycles. The van der Waals surface area contributed by atoms with Gasteiger partial charge < -0.3 is 10.6 Å². The predicted octanol–water partition coefficient (Wildman–Crippen LogP) is 4.20. The zero-order valence-corrected chi connectivity index (χ0v) is 16.4. The molecule has 0 saturated carbocycles. The number of likely N-dealkylation sites (N-methyl/N-ethyl adjacent to an activating group) is 1. The Bertz CT molecular complexity index is 794. The molecule has 0 aliphatic carbocycles. The van der Waals surface area contributed by atoms with Gasteiger partial charge >= 0.3 is 0 Å². The zero-order chi connectivity index (χ0) is 19.3. The minimum atomic E-state index is -0.523. The van der Waals surface area contributed by atoms with E-state index in [0.717, 1.165) is 11.3 Å². The lowest BCUT2D eigenvalue weighted by Crippen LogP contribution is -2.43. The smallest absolute Gasteiger partial charge is 0.241 e. The number of halogens is 2. The maximum Gasteiger partial charge on any atom is 0.241 e. The maximum absolute atomic E-state index is 12.4. The van der Waals surface area contributed by atoms with Crippen LogP contribution >= 0.6 is 23.2 Å². The molecule has 0 heterocycles. The number of nitrogens with one attached hydrogen (secondary N) is 2. The molecule has 26 heavy (non-hydrogen) atoms. The number of benzene rings is 2. The monoisotopic (exact) mass is 393 g/mol. The topological polar surface area (TPSA) is 61.4 Å². The number of hydrogen-bond donors (Lipinski definition) is 2. The van der Waals surface area contributed by atoms with Gasteiger partial charge in [-0.1, -0.05) is 40.9 Å². The first kappa shape index (κ1) is 20.2. The van der Waals surface area contributed by atoms with Crippen molar-refractivity contribution >= 4 is 46.4 Å². The number of hydrogen-bond acceptors (Lipinski definition) is 3. The normalized spacial score (nSPS) is 11.9. The van der Waals surface area contributed by atoms with Crippen LogP contribution in [0.3, 0.4) is 0 Å². The molecule has 1 atom stereocenters. The second-order valence-electron chi connectivity index (χ2n) is 6.12. The Morgan fingerprint density at radius 2 is 1.73 bits per heavy atom. The molecule has 0 aliphatic heterocycles. The molecule has 0 radical (unpaired) electrons. The van der Waals surface area contributed by atoms with Crippen LogP contribution in [0.4, 0.5) is 11.4 Å². The van der Waals surface area contributed by atoms with Crippen molar-refractivity contribution in [3.63, 3.8) is 0 Å². The minimum Gasteiger partial charge on any atom is -0.325 e. The summed E-state index contributed by atoms with van der Waals surface area (Å²) in [6.07, 6.45) is 0. The first-order valence-electron chi connectivity index (χ1n) is 8.09. The van der Waals surface area contributed by atoms with Gasteiger partial charge in [0.1, 0.15) is 0 Å². The summed E-state index contributed by atoms with van der Waals surface area (Å²) in [5.74, 6) is -0.458. The highest BCUT2D eigenvalue weighted by atomic mass is 35.5. The Hall–Kier alpha value is -2.08. The third-order valence-electron chi connectivity index (χ3n) is 3.96. The molecule has 2 amide bonds. The number of carbonyl (C=O) groups excluding carboxylic acids is 2. The van der Waals surface area contributed by atoms with Gasteiger partial charge in [0.2, 0.25) is 11.8 Å². The van der Waals surface area contributed by atoms with E-state index in [9.17, 15) is 9.59 Å². The second kappa shape index (κ2) is 9.03. The van der Waals surface area contributed by atoms with Gasteiger partial charge in [0.25, 0.3) is 0 Å². The molecule has 2 N–H and O–H groups in total. The van der Waals surface area contributed by atoms with Gasteiger partial charge in [-0.2, -0.15) is 0 Å². The van der Waals surface area contributed by atoms with Gasteiger partial charge in [0.15, 0.2) is 0 Å². The lowest BCUT2D eigenvalue weighted by atomic mass is 10.2. The Morgan fingerprint density at radius 1 is 1.08 bits per heavy atom. The lowest BCUT2D eigenvalue weighted by Gasteiger charge is -2.23. The standard InChI is InChI=1S/C19H21Cl2N3O2/c1-12-4-7-15(8-5-12)22-18(25)11-24(3)13(2)19(26)23-17-9-6-14(20)10-16(17)21/h4-10,13H,11H2,1-3H3,(H,22,25)(H,23,26)/t13-/m0/s1. The highest BCUT2D eigenvalue weighted by molar-refractivity contribution is 6.36. The molecular weight excluding hydrogens is 373 g/mol. The lowest BCUT2D eigenvalue weighted by molar-refractivity contribution is -0.122. The van der Waals surface area contributed by atoms with E-state index >= 15 is 0 Å². The van der Waals surface area contributed by atoms with Crippen LogP contribution in [0.1, 0.15) is 12.5 Å². The van der Waals surface area contributed by atoms with E-state index in [2.05, 4.69) is 10.6 Å². The number of anilines is 2.